The van der Waals surface area contributed by atoms with E-state index in [-0.39, 0.29) is 19.8 Å². The van der Waals surface area contributed by atoms with Gasteiger partial charge in [-0.3, -0.25) is 9.36 Å². The zero-order chi connectivity index (χ0) is 15.4. The molecule has 0 unspecified atom stereocenters. The van der Waals surface area contributed by atoms with Crippen molar-refractivity contribution in [3.8, 4) is 0 Å². The van der Waals surface area contributed by atoms with Gasteiger partial charge >= 0.3 is 13.6 Å². The minimum atomic E-state index is -3.49. The zero-order valence-electron chi connectivity index (χ0n) is 13.0. The van der Waals surface area contributed by atoms with Gasteiger partial charge < -0.3 is 13.8 Å². The van der Waals surface area contributed by atoms with Crippen molar-refractivity contribution in [3.05, 3.63) is 12.2 Å². The van der Waals surface area contributed by atoms with E-state index in [2.05, 4.69) is 6.92 Å². The van der Waals surface area contributed by atoms with Crippen LogP contribution in [0.1, 0.15) is 47.0 Å². The average molecular weight is 306 g/mol. The summed E-state index contributed by atoms with van der Waals surface area (Å²) in [5, 5.41) is 0. The average Bonchev–Trinajstić information content (AvgIpc) is 2.39. The highest BCUT2D eigenvalue weighted by atomic mass is 31.2. The molecule has 0 rings (SSSR count). The van der Waals surface area contributed by atoms with Crippen LogP contribution in [0.3, 0.4) is 0 Å². The van der Waals surface area contributed by atoms with Crippen LogP contribution in [0.5, 0.6) is 0 Å². The van der Waals surface area contributed by atoms with E-state index in [1.807, 2.05) is 12.2 Å². The van der Waals surface area contributed by atoms with Crippen molar-refractivity contribution >= 4 is 13.6 Å². The van der Waals surface area contributed by atoms with Crippen LogP contribution in [-0.4, -0.2) is 31.4 Å². The van der Waals surface area contributed by atoms with Crippen molar-refractivity contribution in [1.29, 1.82) is 0 Å². The van der Waals surface area contributed by atoms with Crippen LogP contribution in [0, 0.1) is 0 Å². The SMILES string of the molecule is CCC/C=C/C[C@H](C(=O)OCC)P(=O)(OCC)OCC. The molecule has 0 radical (unpaired) electrons. The predicted molar refractivity (Wildman–Crippen MR) is 79.9 cm³/mol. The highest BCUT2D eigenvalue weighted by Gasteiger charge is 2.41. The lowest BCUT2D eigenvalue weighted by Gasteiger charge is -2.23. The molecule has 0 N–H and O–H groups in total. The van der Waals surface area contributed by atoms with Crippen LogP contribution in [0.4, 0.5) is 0 Å². The normalized spacial score (nSPS) is 13.6. The number of allylic oxidation sites excluding steroid dienone is 2. The first-order valence-electron chi connectivity index (χ1n) is 7.26. The fourth-order valence-electron chi connectivity index (χ4n) is 1.68. The molecule has 118 valence electrons. The third-order valence-electron chi connectivity index (χ3n) is 2.54. The van der Waals surface area contributed by atoms with E-state index in [1.54, 1.807) is 20.8 Å². The second-order valence-electron chi connectivity index (χ2n) is 4.14. The Kier molecular flexibility index (Phi) is 10.7. The minimum absolute atomic E-state index is 0.228. The largest absolute Gasteiger partial charge is 0.465 e. The van der Waals surface area contributed by atoms with E-state index in [9.17, 15) is 9.36 Å². The van der Waals surface area contributed by atoms with Gasteiger partial charge in [-0.15, -0.1) is 0 Å². The van der Waals surface area contributed by atoms with Crippen molar-refractivity contribution in [2.75, 3.05) is 19.8 Å². The molecule has 5 nitrogen and oxygen atoms in total. The smallest absolute Gasteiger partial charge is 0.345 e. The number of rotatable bonds is 11. The number of carbonyl (C=O) groups excluding carboxylic acids is 1. The van der Waals surface area contributed by atoms with Gasteiger partial charge in [0, 0.05) is 0 Å². The standard InChI is InChI=1S/C14H27O5P/c1-5-9-10-11-12-13(14(15)17-6-2)20(16,18-7-3)19-8-4/h10-11,13H,5-9,12H2,1-4H3/b11-10+/t13-/m1/s1. The van der Waals surface area contributed by atoms with Crippen LogP contribution in [0.15, 0.2) is 12.2 Å². The lowest BCUT2D eigenvalue weighted by molar-refractivity contribution is -0.143. The van der Waals surface area contributed by atoms with Gasteiger partial charge in [-0.1, -0.05) is 25.5 Å². The lowest BCUT2D eigenvalue weighted by Crippen LogP contribution is -2.25. The summed E-state index contributed by atoms with van der Waals surface area (Å²) in [7, 11) is -3.49. The molecule has 0 saturated heterocycles. The summed E-state index contributed by atoms with van der Waals surface area (Å²) < 4.78 is 28.2. The summed E-state index contributed by atoms with van der Waals surface area (Å²) in [5.74, 6) is -0.529. The number of unbranched alkanes of at least 4 members (excludes halogenated alkanes) is 1. The molecule has 0 aliphatic heterocycles. The number of esters is 1. The maximum absolute atomic E-state index is 12.7. The Balaban J connectivity index is 5.04. The minimum Gasteiger partial charge on any atom is -0.465 e. The summed E-state index contributed by atoms with van der Waals surface area (Å²) >= 11 is 0. The number of hydrogen-bond donors (Lipinski definition) is 0. The van der Waals surface area contributed by atoms with Gasteiger partial charge in [0.25, 0.3) is 0 Å². The molecule has 0 aliphatic rings. The van der Waals surface area contributed by atoms with E-state index in [0.717, 1.165) is 12.8 Å². The molecular formula is C14H27O5P. The summed E-state index contributed by atoms with van der Waals surface area (Å²) in [4.78, 5) is 12.0. The monoisotopic (exact) mass is 306 g/mol. The zero-order valence-corrected chi connectivity index (χ0v) is 13.9. The molecule has 20 heavy (non-hydrogen) atoms. The molecule has 0 bridgehead atoms. The van der Waals surface area contributed by atoms with E-state index < -0.39 is 19.2 Å². The fourth-order valence-corrected chi connectivity index (χ4v) is 3.55. The van der Waals surface area contributed by atoms with Crippen molar-refractivity contribution in [3.63, 3.8) is 0 Å². The van der Waals surface area contributed by atoms with Gasteiger partial charge in [0.15, 0.2) is 5.66 Å². The van der Waals surface area contributed by atoms with E-state index >= 15 is 0 Å². The Hall–Kier alpha value is -0.640. The molecule has 0 aliphatic carbocycles. The predicted octanol–water partition coefficient (Wildman–Crippen LogP) is 3.93. The molecular weight excluding hydrogens is 279 g/mol. The maximum atomic E-state index is 12.7. The fraction of sp³-hybridized carbons (Fsp3) is 0.786. The molecule has 0 spiro atoms. The molecule has 0 amide bonds. The summed E-state index contributed by atoms with van der Waals surface area (Å²) in [6.45, 7) is 7.93. The number of hydrogen-bond acceptors (Lipinski definition) is 5. The second-order valence-corrected chi connectivity index (χ2v) is 6.36. The summed E-state index contributed by atoms with van der Waals surface area (Å²) in [5.41, 5.74) is -0.893. The molecule has 0 saturated carbocycles. The van der Waals surface area contributed by atoms with Crippen molar-refractivity contribution in [2.45, 2.75) is 52.6 Å². The maximum Gasteiger partial charge on any atom is 0.345 e. The first kappa shape index (κ1) is 19.4. The Labute approximate surface area is 122 Å². The highest BCUT2D eigenvalue weighted by molar-refractivity contribution is 7.55. The third-order valence-corrected chi connectivity index (χ3v) is 4.96. The molecule has 0 fully saturated rings. The summed E-state index contributed by atoms with van der Waals surface area (Å²) in [6.07, 6.45) is 6.05. The topological polar surface area (TPSA) is 61.8 Å². The molecule has 0 heterocycles. The number of ether oxygens (including phenoxy) is 1. The Bertz CT molecular complexity index is 330. The van der Waals surface area contributed by atoms with Crippen LogP contribution in [-0.2, 0) is 23.1 Å². The van der Waals surface area contributed by atoms with E-state index in [1.165, 1.54) is 0 Å². The van der Waals surface area contributed by atoms with Gasteiger partial charge in [-0.25, -0.2) is 0 Å². The van der Waals surface area contributed by atoms with E-state index in [4.69, 9.17) is 13.8 Å². The lowest BCUT2D eigenvalue weighted by atomic mass is 10.2. The van der Waals surface area contributed by atoms with Crippen LogP contribution < -0.4 is 0 Å². The van der Waals surface area contributed by atoms with Gasteiger partial charge in [0.1, 0.15) is 0 Å². The molecule has 0 aromatic rings. The Morgan fingerprint density at radius 2 is 1.65 bits per heavy atom. The third kappa shape index (κ3) is 6.69. The van der Waals surface area contributed by atoms with Crippen LogP contribution in [0.2, 0.25) is 0 Å². The van der Waals surface area contributed by atoms with Crippen molar-refractivity contribution in [2.24, 2.45) is 0 Å². The van der Waals surface area contributed by atoms with Gasteiger partial charge in [0.2, 0.25) is 0 Å². The molecule has 0 aromatic carbocycles. The van der Waals surface area contributed by atoms with Gasteiger partial charge in [0.05, 0.1) is 19.8 Å². The van der Waals surface area contributed by atoms with E-state index in [0.29, 0.717) is 6.42 Å². The summed E-state index contributed by atoms with van der Waals surface area (Å²) in [6, 6.07) is 0. The quantitative estimate of drug-likeness (QED) is 0.329. The Morgan fingerprint density at radius 1 is 1.05 bits per heavy atom. The first-order valence-corrected chi connectivity index (χ1v) is 8.87. The van der Waals surface area contributed by atoms with Gasteiger partial charge in [-0.05, 0) is 33.6 Å². The molecule has 1 atom stereocenters. The van der Waals surface area contributed by atoms with Crippen molar-refractivity contribution < 1.29 is 23.1 Å². The first-order chi connectivity index (χ1) is 9.55. The number of carbonyl (C=O) groups is 1. The molecule has 0 aromatic heterocycles. The van der Waals surface area contributed by atoms with Crippen molar-refractivity contribution in [1.82, 2.24) is 0 Å². The van der Waals surface area contributed by atoms with Gasteiger partial charge in [-0.2, -0.15) is 0 Å². The Morgan fingerprint density at radius 3 is 2.10 bits per heavy atom. The second kappa shape index (κ2) is 11.1. The van der Waals surface area contributed by atoms with Crippen LogP contribution >= 0.6 is 7.60 Å². The molecule has 6 heteroatoms. The van der Waals surface area contributed by atoms with Crippen LogP contribution in [0.25, 0.3) is 0 Å². The highest BCUT2D eigenvalue weighted by Crippen LogP contribution is 2.54.